The molecule has 1 aliphatic carbocycles. The lowest BCUT2D eigenvalue weighted by Crippen LogP contribution is -2.49. The van der Waals surface area contributed by atoms with E-state index in [-0.39, 0.29) is 54.4 Å². The van der Waals surface area contributed by atoms with Gasteiger partial charge in [0.05, 0.1) is 33.9 Å². The van der Waals surface area contributed by atoms with Gasteiger partial charge in [-0.2, -0.15) is 0 Å². The summed E-state index contributed by atoms with van der Waals surface area (Å²) >= 11 is 0. The lowest BCUT2D eigenvalue weighted by molar-refractivity contribution is -0.144. The maximum Gasteiger partial charge on any atom is 0.323 e. The van der Waals surface area contributed by atoms with Crippen molar-refractivity contribution in [3.63, 3.8) is 0 Å². The lowest BCUT2D eigenvalue weighted by Gasteiger charge is -2.41. The zero-order chi connectivity index (χ0) is 26.4. The SMILES string of the molecule is COC(=O)C(N[C@@H]1c2cc3c(cc2[C@@H](c2cc(OC)c(O)c(OC)c2)[C@H]2C(=O)OC[C@@H]21)OCO3)C(C)C. The highest BCUT2D eigenvalue weighted by atomic mass is 16.7. The van der Waals surface area contributed by atoms with E-state index in [0.29, 0.717) is 17.1 Å². The number of carbonyl (C=O) groups is 2. The van der Waals surface area contributed by atoms with E-state index in [4.69, 9.17) is 28.4 Å². The molecule has 2 aliphatic heterocycles. The average Bonchev–Trinajstić information content (AvgIpc) is 3.51. The highest BCUT2D eigenvalue weighted by Gasteiger charge is 2.53. The van der Waals surface area contributed by atoms with Crippen LogP contribution in [0.4, 0.5) is 0 Å². The van der Waals surface area contributed by atoms with Crippen molar-refractivity contribution in [3.8, 4) is 28.7 Å². The zero-order valence-corrected chi connectivity index (χ0v) is 21.4. The van der Waals surface area contributed by atoms with Crippen LogP contribution in [0.1, 0.15) is 42.5 Å². The van der Waals surface area contributed by atoms with Gasteiger partial charge < -0.3 is 33.5 Å². The van der Waals surface area contributed by atoms with E-state index in [1.54, 1.807) is 12.1 Å². The van der Waals surface area contributed by atoms with E-state index >= 15 is 0 Å². The van der Waals surface area contributed by atoms with E-state index in [0.717, 1.165) is 11.1 Å². The summed E-state index contributed by atoms with van der Waals surface area (Å²) in [6.07, 6.45) is 0. The van der Waals surface area contributed by atoms with Crippen LogP contribution in [0.15, 0.2) is 24.3 Å². The molecule has 0 saturated carbocycles. The molecule has 2 heterocycles. The van der Waals surface area contributed by atoms with Gasteiger partial charge in [0, 0.05) is 17.9 Å². The smallest absolute Gasteiger partial charge is 0.323 e. The molecule has 2 N–H and O–H groups in total. The van der Waals surface area contributed by atoms with Gasteiger partial charge in [0.2, 0.25) is 12.5 Å². The monoisotopic (exact) mass is 513 g/mol. The zero-order valence-electron chi connectivity index (χ0n) is 21.4. The minimum atomic E-state index is -0.602. The number of rotatable bonds is 7. The Hall–Kier alpha value is -3.66. The lowest BCUT2D eigenvalue weighted by atomic mass is 9.65. The van der Waals surface area contributed by atoms with Gasteiger partial charge in [0.25, 0.3) is 0 Å². The second kappa shape index (κ2) is 9.66. The van der Waals surface area contributed by atoms with Crippen molar-refractivity contribution in [1.82, 2.24) is 5.32 Å². The molecule has 1 fully saturated rings. The van der Waals surface area contributed by atoms with Gasteiger partial charge in [-0.25, -0.2) is 0 Å². The molecule has 0 bridgehead atoms. The molecule has 10 heteroatoms. The first kappa shape index (κ1) is 25.0. The fraction of sp³-hybridized carbons (Fsp3) is 0.481. The Balaban J connectivity index is 1.71. The average molecular weight is 514 g/mol. The Kier molecular flexibility index (Phi) is 6.53. The molecular weight excluding hydrogens is 482 g/mol. The summed E-state index contributed by atoms with van der Waals surface area (Å²) in [7, 11) is 4.27. The summed E-state index contributed by atoms with van der Waals surface area (Å²) in [6.45, 7) is 4.14. The van der Waals surface area contributed by atoms with Crippen molar-refractivity contribution >= 4 is 11.9 Å². The van der Waals surface area contributed by atoms with Gasteiger partial charge in [-0.3, -0.25) is 14.9 Å². The number of benzene rings is 2. The molecule has 37 heavy (non-hydrogen) atoms. The second-order valence-electron chi connectivity index (χ2n) is 9.79. The van der Waals surface area contributed by atoms with Gasteiger partial charge >= 0.3 is 11.9 Å². The normalized spacial score (nSPS) is 24.2. The van der Waals surface area contributed by atoms with Crippen LogP contribution in [0.5, 0.6) is 28.7 Å². The van der Waals surface area contributed by atoms with E-state index in [2.05, 4.69) is 5.32 Å². The van der Waals surface area contributed by atoms with E-state index in [9.17, 15) is 14.7 Å². The summed E-state index contributed by atoms with van der Waals surface area (Å²) in [4.78, 5) is 25.9. The predicted molar refractivity (Wildman–Crippen MR) is 130 cm³/mol. The number of cyclic esters (lactones) is 1. The standard InChI is InChI=1S/C27H31NO9/c1-12(2)23(27(31)34-5)28-24-15-9-18-17(36-11-37-18)8-14(15)21(22-16(24)10-35-26(22)30)13-6-19(32-3)25(29)20(7-13)33-4/h6-9,12,16,21-24,28-29H,10-11H2,1-5H3/t16-,21+,22-,23?,24+/m0/s1. The molecule has 1 unspecified atom stereocenters. The van der Waals surface area contributed by atoms with Crippen LogP contribution in [-0.4, -0.2) is 57.8 Å². The van der Waals surface area contributed by atoms with Crippen molar-refractivity contribution < 1.29 is 43.1 Å². The van der Waals surface area contributed by atoms with Crippen molar-refractivity contribution in [3.05, 3.63) is 41.0 Å². The number of methoxy groups -OCH3 is 3. The van der Waals surface area contributed by atoms with Crippen LogP contribution in [0.2, 0.25) is 0 Å². The van der Waals surface area contributed by atoms with Crippen molar-refractivity contribution in [1.29, 1.82) is 0 Å². The number of nitrogens with one attached hydrogen (secondary N) is 1. The van der Waals surface area contributed by atoms with E-state index in [1.165, 1.54) is 21.3 Å². The van der Waals surface area contributed by atoms with Gasteiger partial charge in [0.1, 0.15) is 6.04 Å². The Morgan fingerprint density at radius 1 is 1.00 bits per heavy atom. The molecule has 10 nitrogen and oxygen atoms in total. The van der Waals surface area contributed by atoms with Crippen molar-refractivity contribution in [2.75, 3.05) is 34.7 Å². The molecule has 2 aromatic carbocycles. The minimum Gasteiger partial charge on any atom is -0.502 e. The number of carbonyl (C=O) groups excluding carboxylic acids is 2. The fourth-order valence-corrected chi connectivity index (χ4v) is 5.72. The Labute approximate surface area is 214 Å². The van der Waals surface area contributed by atoms with Gasteiger partial charge in [-0.05, 0) is 46.9 Å². The number of esters is 2. The van der Waals surface area contributed by atoms with Gasteiger partial charge in [-0.1, -0.05) is 13.8 Å². The summed E-state index contributed by atoms with van der Waals surface area (Å²) in [5.74, 6) is -0.617. The molecule has 0 radical (unpaired) electrons. The Morgan fingerprint density at radius 3 is 2.19 bits per heavy atom. The van der Waals surface area contributed by atoms with Crippen LogP contribution in [0.25, 0.3) is 0 Å². The van der Waals surface area contributed by atoms with E-state index in [1.807, 2.05) is 26.0 Å². The highest BCUT2D eigenvalue weighted by Crippen LogP contribution is 2.55. The van der Waals surface area contributed by atoms with Gasteiger partial charge in [0.15, 0.2) is 23.0 Å². The maximum atomic E-state index is 13.3. The third-order valence-corrected chi connectivity index (χ3v) is 7.53. The largest absolute Gasteiger partial charge is 0.502 e. The van der Waals surface area contributed by atoms with E-state index < -0.39 is 23.9 Å². The molecule has 0 aromatic heterocycles. The van der Waals surface area contributed by atoms with Crippen molar-refractivity contribution in [2.24, 2.45) is 17.8 Å². The molecule has 0 spiro atoms. The molecule has 5 atom stereocenters. The third kappa shape index (κ3) is 4.09. The first-order valence-corrected chi connectivity index (χ1v) is 12.2. The van der Waals surface area contributed by atoms with Crippen LogP contribution in [0, 0.1) is 17.8 Å². The number of fused-ring (bicyclic) bond motifs is 3. The number of phenolic OH excluding ortho intramolecular Hbond substituents is 1. The number of aromatic hydroxyl groups is 1. The Bertz CT molecular complexity index is 1200. The molecule has 198 valence electrons. The molecule has 2 aromatic rings. The van der Waals surface area contributed by atoms with Gasteiger partial charge in [-0.15, -0.1) is 0 Å². The first-order chi connectivity index (χ1) is 17.8. The van der Waals surface area contributed by atoms with Crippen LogP contribution < -0.4 is 24.3 Å². The highest BCUT2D eigenvalue weighted by molar-refractivity contribution is 5.79. The van der Waals surface area contributed by atoms with Crippen LogP contribution in [-0.2, 0) is 19.1 Å². The molecule has 5 rings (SSSR count). The maximum absolute atomic E-state index is 13.3. The summed E-state index contributed by atoms with van der Waals surface area (Å²) < 4.78 is 32.9. The van der Waals surface area contributed by atoms with Crippen LogP contribution in [0.3, 0.4) is 0 Å². The minimum absolute atomic E-state index is 0.0651. The third-order valence-electron chi connectivity index (χ3n) is 7.53. The number of hydrogen-bond acceptors (Lipinski definition) is 10. The quantitative estimate of drug-likeness (QED) is 0.535. The predicted octanol–water partition coefficient (Wildman–Crippen LogP) is 2.90. The molecule has 3 aliphatic rings. The summed E-state index contributed by atoms with van der Waals surface area (Å²) in [5.41, 5.74) is 2.41. The molecule has 1 saturated heterocycles. The first-order valence-electron chi connectivity index (χ1n) is 12.2. The summed E-state index contributed by atoms with van der Waals surface area (Å²) in [5, 5.41) is 14.0. The fourth-order valence-electron chi connectivity index (χ4n) is 5.72. The van der Waals surface area contributed by atoms with Crippen LogP contribution >= 0.6 is 0 Å². The molecule has 0 amide bonds. The topological polar surface area (TPSA) is 122 Å². The Morgan fingerprint density at radius 2 is 1.62 bits per heavy atom. The van der Waals surface area contributed by atoms with Crippen molar-refractivity contribution in [2.45, 2.75) is 31.8 Å². The summed E-state index contributed by atoms with van der Waals surface area (Å²) in [6, 6.07) is 6.20. The number of phenols is 1. The second-order valence-corrected chi connectivity index (χ2v) is 9.79. The number of hydrogen-bond donors (Lipinski definition) is 2. The number of ether oxygens (including phenoxy) is 6. The molecular formula is C27H31NO9.